The second-order valence-electron chi connectivity index (χ2n) is 9.50. The Kier molecular flexibility index (Phi) is 4.51. The zero-order valence-corrected chi connectivity index (χ0v) is 15.3. The summed E-state index contributed by atoms with van der Waals surface area (Å²) in [6.07, 6.45) is 16.7. The van der Waals surface area contributed by atoms with Gasteiger partial charge in [0.05, 0.1) is 6.26 Å². The van der Waals surface area contributed by atoms with Crippen molar-refractivity contribution < 1.29 is 9.90 Å². The summed E-state index contributed by atoms with van der Waals surface area (Å²) in [5, 5.41) is 8.92. The van der Waals surface area contributed by atoms with Crippen molar-refractivity contribution in [3.63, 3.8) is 0 Å². The Labute approximate surface area is 147 Å². The molecule has 0 spiro atoms. The van der Waals surface area contributed by atoms with Crippen LogP contribution in [0.15, 0.2) is 12.3 Å². The third-order valence-corrected chi connectivity index (χ3v) is 8.75. The van der Waals surface area contributed by atoms with Gasteiger partial charge in [0, 0.05) is 12.8 Å². The van der Waals surface area contributed by atoms with Crippen LogP contribution in [0.3, 0.4) is 0 Å². The maximum absolute atomic E-state index is 11.9. The van der Waals surface area contributed by atoms with Crippen LogP contribution in [-0.4, -0.2) is 10.9 Å². The summed E-state index contributed by atoms with van der Waals surface area (Å²) < 4.78 is 0. The van der Waals surface area contributed by atoms with Crippen LogP contribution >= 0.6 is 0 Å². The molecule has 1 N–H and O–H groups in total. The average molecular weight is 331 g/mol. The maximum Gasteiger partial charge on any atom is 0.133 e. The molecule has 2 heteroatoms. The summed E-state index contributed by atoms with van der Waals surface area (Å²) in [6, 6.07) is 0. The van der Waals surface area contributed by atoms with Gasteiger partial charge in [0.2, 0.25) is 0 Å². The van der Waals surface area contributed by atoms with Crippen molar-refractivity contribution in [2.75, 3.05) is 0 Å². The monoisotopic (exact) mass is 330 g/mol. The molecule has 0 radical (unpaired) electrons. The van der Waals surface area contributed by atoms with Gasteiger partial charge in [-0.05, 0) is 98.7 Å². The molecular weight excluding hydrogens is 296 g/mol. The molecule has 2 nitrogen and oxygen atoms in total. The second-order valence-corrected chi connectivity index (χ2v) is 9.50. The molecule has 24 heavy (non-hydrogen) atoms. The van der Waals surface area contributed by atoms with Crippen molar-refractivity contribution in [3.05, 3.63) is 12.3 Å². The fraction of sp³-hybridized carbons (Fsp3) is 0.864. The van der Waals surface area contributed by atoms with E-state index in [-0.39, 0.29) is 0 Å². The largest absolute Gasteiger partial charge is 0.516 e. The highest BCUT2D eigenvalue weighted by Gasteiger charge is 2.56. The van der Waals surface area contributed by atoms with Crippen molar-refractivity contribution in [3.8, 4) is 0 Å². The molecule has 4 rings (SSSR count). The van der Waals surface area contributed by atoms with Gasteiger partial charge in [-0.1, -0.05) is 13.0 Å². The number of carbonyl (C=O) groups excluding carboxylic acids is 1. The van der Waals surface area contributed by atoms with E-state index in [4.69, 9.17) is 5.11 Å². The lowest BCUT2D eigenvalue weighted by Crippen LogP contribution is -2.48. The molecule has 0 bridgehead atoms. The quantitative estimate of drug-likeness (QED) is 0.676. The Morgan fingerprint density at radius 2 is 1.96 bits per heavy atom. The van der Waals surface area contributed by atoms with Crippen molar-refractivity contribution >= 4 is 5.78 Å². The molecule has 4 saturated carbocycles. The van der Waals surface area contributed by atoms with E-state index < -0.39 is 0 Å². The minimum atomic E-state index is 0.535. The molecule has 0 amide bonds. The van der Waals surface area contributed by atoms with Gasteiger partial charge >= 0.3 is 0 Å². The van der Waals surface area contributed by atoms with Gasteiger partial charge in [-0.15, -0.1) is 0 Å². The SMILES string of the molecule is C[C@]12CC[C@H]3[C@@H](CCC4CC(=O)CC[C@@H]43)[C@@H]1CC[C@@H]2CCC=CO. The minimum absolute atomic E-state index is 0.535. The molecular formula is C22H34O2. The number of aliphatic hydroxyl groups is 1. The number of hydrogen-bond acceptors (Lipinski definition) is 2. The smallest absolute Gasteiger partial charge is 0.133 e. The van der Waals surface area contributed by atoms with E-state index in [1.807, 2.05) is 6.08 Å². The standard InChI is InChI=1S/C22H34O2/c1-22-12-11-19-18-9-7-17(24)14-15(18)5-8-20(19)21(22)10-6-16(22)4-2-3-13-23/h3,13,15-16,18-21,23H,2,4-12,14H2,1H3/t15?,16-,18-,19+,20+,21-,22+/m0/s1. The molecule has 1 unspecified atom stereocenters. The van der Waals surface area contributed by atoms with Crippen molar-refractivity contribution in [1.82, 2.24) is 0 Å². The second kappa shape index (κ2) is 6.50. The van der Waals surface area contributed by atoms with E-state index in [1.165, 1.54) is 57.6 Å². The molecule has 4 fully saturated rings. The van der Waals surface area contributed by atoms with Crippen LogP contribution in [0.4, 0.5) is 0 Å². The Morgan fingerprint density at radius 3 is 2.79 bits per heavy atom. The summed E-state index contributed by atoms with van der Waals surface area (Å²) in [6.45, 7) is 2.59. The van der Waals surface area contributed by atoms with Gasteiger partial charge in [0.25, 0.3) is 0 Å². The highest BCUT2D eigenvalue weighted by molar-refractivity contribution is 5.79. The van der Waals surface area contributed by atoms with E-state index in [1.54, 1.807) is 0 Å². The van der Waals surface area contributed by atoms with Gasteiger partial charge in [-0.25, -0.2) is 0 Å². The molecule has 0 aromatic rings. The lowest BCUT2D eigenvalue weighted by molar-refractivity contribution is -0.127. The molecule has 0 saturated heterocycles. The molecule has 4 aliphatic carbocycles. The number of aliphatic hydroxyl groups excluding tert-OH is 1. The molecule has 0 aromatic carbocycles. The normalized spacial score (nSPS) is 48.1. The Morgan fingerprint density at radius 1 is 1.08 bits per heavy atom. The van der Waals surface area contributed by atoms with Crippen LogP contribution in [0.2, 0.25) is 0 Å². The van der Waals surface area contributed by atoms with Crippen LogP contribution < -0.4 is 0 Å². The summed E-state index contributed by atoms with van der Waals surface area (Å²) in [4.78, 5) is 11.9. The van der Waals surface area contributed by atoms with E-state index in [9.17, 15) is 4.79 Å². The first-order valence-corrected chi connectivity index (χ1v) is 10.4. The van der Waals surface area contributed by atoms with Crippen LogP contribution in [0.25, 0.3) is 0 Å². The summed E-state index contributed by atoms with van der Waals surface area (Å²) in [7, 11) is 0. The fourth-order valence-corrected chi connectivity index (χ4v) is 7.61. The summed E-state index contributed by atoms with van der Waals surface area (Å²) in [5.74, 6) is 5.77. The molecule has 4 aliphatic rings. The van der Waals surface area contributed by atoms with Crippen LogP contribution in [0.5, 0.6) is 0 Å². The van der Waals surface area contributed by atoms with Crippen LogP contribution in [0, 0.1) is 40.9 Å². The lowest BCUT2D eigenvalue weighted by Gasteiger charge is -2.55. The van der Waals surface area contributed by atoms with Crippen molar-refractivity contribution in [1.29, 1.82) is 0 Å². The number of Topliss-reactive ketones (excluding diaryl/α,β-unsaturated/α-hetero) is 1. The van der Waals surface area contributed by atoms with Gasteiger partial charge < -0.3 is 5.11 Å². The fourth-order valence-electron chi connectivity index (χ4n) is 7.61. The molecule has 0 aliphatic heterocycles. The highest BCUT2D eigenvalue weighted by Crippen LogP contribution is 2.64. The minimum Gasteiger partial charge on any atom is -0.516 e. The Balaban J connectivity index is 1.48. The number of rotatable bonds is 3. The van der Waals surface area contributed by atoms with Crippen molar-refractivity contribution in [2.24, 2.45) is 40.9 Å². The van der Waals surface area contributed by atoms with Crippen molar-refractivity contribution in [2.45, 2.75) is 77.6 Å². The average Bonchev–Trinajstić information content (AvgIpc) is 2.91. The van der Waals surface area contributed by atoms with Gasteiger partial charge in [-0.3, -0.25) is 4.79 Å². The number of hydrogen-bond donors (Lipinski definition) is 1. The first-order chi connectivity index (χ1) is 11.6. The van der Waals surface area contributed by atoms with Gasteiger partial charge in [0.1, 0.15) is 5.78 Å². The van der Waals surface area contributed by atoms with Crippen LogP contribution in [0.1, 0.15) is 77.6 Å². The Bertz CT molecular complexity index is 510. The zero-order valence-electron chi connectivity index (χ0n) is 15.3. The highest BCUT2D eigenvalue weighted by atomic mass is 16.2. The topological polar surface area (TPSA) is 37.3 Å². The van der Waals surface area contributed by atoms with E-state index in [2.05, 4.69) is 6.92 Å². The maximum atomic E-state index is 11.9. The predicted octanol–water partition coefficient (Wildman–Crippen LogP) is 5.68. The zero-order chi connectivity index (χ0) is 16.7. The first-order valence-electron chi connectivity index (χ1n) is 10.4. The van der Waals surface area contributed by atoms with Gasteiger partial charge in [0.15, 0.2) is 0 Å². The number of fused-ring (bicyclic) bond motifs is 5. The summed E-state index contributed by atoms with van der Waals surface area (Å²) >= 11 is 0. The number of ketones is 1. The van der Waals surface area contributed by atoms with Gasteiger partial charge in [-0.2, -0.15) is 0 Å². The molecule has 0 heterocycles. The molecule has 7 atom stereocenters. The van der Waals surface area contributed by atoms with Crippen LogP contribution in [-0.2, 0) is 4.79 Å². The first kappa shape index (κ1) is 16.7. The Hall–Kier alpha value is -0.790. The lowest BCUT2D eigenvalue weighted by atomic mass is 9.49. The number of carbonyl (C=O) groups is 1. The predicted molar refractivity (Wildman–Crippen MR) is 96.6 cm³/mol. The van der Waals surface area contributed by atoms with E-state index >= 15 is 0 Å². The summed E-state index contributed by atoms with van der Waals surface area (Å²) in [5.41, 5.74) is 0.543. The third-order valence-electron chi connectivity index (χ3n) is 8.75. The van der Waals surface area contributed by atoms with E-state index in [0.717, 1.165) is 54.8 Å². The third kappa shape index (κ3) is 2.65. The molecule has 0 aromatic heterocycles. The van der Waals surface area contributed by atoms with E-state index in [0.29, 0.717) is 11.2 Å². The number of allylic oxidation sites excluding steroid dienone is 1. The molecule has 134 valence electrons.